The zero-order chi connectivity index (χ0) is 15.9. The van der Waals surface area contributed by atoms with Gasteiger partial charge in [-0.25, -0.2) is 9.18 Å². The summed E-state index contributed by atoms with van der Waals surface area (Å²) in [5, 5.41) is 9.94. The van der Waals surface area contributed by atoms with E-state index in [0.29, 0.717) is 12.1 Å². The van der Waals surface area contributed by atoms with Crippen molar-refractivity contribution in [1.29, 1.82) is 0 Å². The fraction of sp³-hybridized carbons (Fsp3) is 0.0714. The van der Waals surface area contributed by atoms with Crippen LogP contribution in [0.5, 0.6) is 0 Å². The topological polar surface area (TPSA) is 49.3 Å². The molecule has 0 aliphatic heterocycles. The van der Waals surface area contributed by atoms with Crippen molar-refractivity contribution in [2.24, 2.45) is 0 Å². The summed E-state index contributed by atoms with van der Waals surface area (Å²) in [6, 6.07) is 13.8. The predicted molar refractivity (Wildman–Crippen MR) is 69.5 cm³/mol. The summed E-state index contributed by atoms with van der Waals surface area (Å²) in [6.07, 6.45) is -6.37. The van der Waals surface area contributed by atoms with Crippen molar-refractivity contribution in [3.05, 3.63) is 66.0 Å². The number of hydrogen-bond acceptors (Lipinski definition) is 1. The highest BCUT2D eigenvalue weighted by Gasteiger charge is 2.34. The van der Waals surface area contributed by atoms with Crippen LogP contribution in [0.15, 0.2) is 54.6 Å². The summed E-state index contributed by atoms with van der Waals surface area (Å²) >= 11 is 0. The maximum Gasteiger partial charge on any atom is 0.419 e. The molecule has 0 spiro atoms. The van der Waals surface area contributed by atoms with Crippen molar-refractivity contribution >= 4 is 11.8 Å². The van der Waals surface area contributed by atoms with Gasteiger partial charge < -0.3 is 5.11 Å². The number of nitrogens with one attached hydrogen (secondary N) is 1. The number of alkyl halides is 3. The number of anilines is 1. The molecule has 0 saturated heterocycles. The average Bonchev–Trinajstić information content (AvgIpc) is 2.42. The molecule has 7 heteroatoms. The molecule has 0 aliphatic rings. The van der Waals surface area contributed by atoms with Gasteiger partial charge in [-0.05, 0) is 18.2 Å². The standard InChI is InChI=1S/C8H5F4NO2.C6H6/c9-6-2-1-4(13-7(14)15)3-5(6)8(10,11)12;1-2-4-6-5-3-1/h1-3,13H,(H,14,15);1-6H. The number of halogens is 4. The Bertz CT molecular complexity index is 559. The first-order valence-corrected chi connectivity index (χ1v) is 5.67. The van der Waals surface area contributed by atoms with Crippen LogP contribution >= 0.6 is 0 Å². The van der Waals surface area contributed by atoms with E-state index in [1.807, 2.05) is 36.4 Å². The summed E-state index contributed by atoms with van der Waals surface area (Å²) in [5.41, 5.74) is -1.84. The lowest BCUT2D eigenvalue weighted by atomic mass is 10.2. The molecule has 0 fully saturated rings. The minimum atomic E-state index is -4.85. The molecule has 2 rings (SSSR count). The van der Waals surface area contributed by atoms with E-state index in [2.05, 4.69) is 0 Å². The Hall–Kier alpha value is -2.57. The van der Waals surface area contributed by atoms with Gasteiger partial charge in [0.25, 0.3) is 0 Å². The molecule has 2 N–H and O–H groups in total. The molecule has 0 unspecified atom stereocenters. The van der Waals surface area contributed by atoms with Gasteiger partial charge in [0.15, 0.2) is 0 Å². The van der Waals surface area contributed by atoms with Gasteiger partial charge in [0.05, 0.1) is 5.56 Å². The zero-order valence-corrected chi connectivity index (χ0v) is 10.6. The monoisotopic (exact) mass is 301 g/mol. The highest BCUT2D eigenvalue weighted by Crippen LogP contribution is 2.32. The van der Waals surface area contributed by atoms with Crippen molar-refractivity contribution in [3.8, 4) is 0 Å². The molecule has 1 amide bonds. The molecule has 0 heterocycles. The Labute approximate surface area is 117 Å². The average molecular weight is 301 g/mol. The Morgan fingerprint density at radius 2 is 1.48 bits per heavy atom. The highest BCUT2D eigenvalue weighted by molar-refractivity contribution is 5.82. The van der Waals surface area contributed by atoms with Crippen LogP contribution in [0.4, 0.5) is 28.0 Å². The van der Waals surface area contributed by atoms with E-state index in [9.17, 15) is 22.4 Å². The normalized spacial score (nSPS) is 10.3. The summed E-state index contributed by atoms with van der Waals surface area (Å²) in [4.78, 5) is 10.1. The molecular formula is C14H11F4NO2. The van der Waals surface area contributed by atoms with Crippen molar-refractivity contribution < 1.29 is 27.5 Å². The molecule has 0 bridgehead atoms. The predicted octanol–water partition coefficient (Wildman–Crippen LogP) is 4.62. The summed E-state index contributed by atoms with van der Waals surface area (Å²) in [5.74, 6) is -1.45. The van der Waals surface area contributed by atoms with Gasteiger partial charge in [0.1, 0.15) is 5.82 Å². The van der Waals surface area contributed by atoms with Crippen molar-refractivity contribution in [1.82, 2.24) is 0 Å². The van der Waals surface area contributed by atoms with Gasteiger partial charge in [-0.3, -0.25) is 5.32 Å². The summed E-state index contributed by atoms with van der Waals surface area (Å²) in [6.45, 7) is 0. The zero-order valence-electron chi connectivity index (χ0n) is 10.6. The Morgan fingerprint density at radius 3 is 1.86 bits per heavy atom. The third-order valence-corrected chi connectivity index (χ3v) is 2.19. The number of carboxylic acid groups (broad SMARTS) is 1. The third-order valence-electron chi connectivity index (χ3n) is 2.19. The van der Waals surface area contributed by atoms with E-state index >= 15 is 0 Å². The Kier molecular flexibility index (Phi) is 5.71. The lowest BCUT2D eigenvalue weighted by molar-refractivity contribution is -0.139. The van der Waals surface area contributed by atoms with Crippen LogP contribution in [0.1, 0.15) is 5.56 Å². The second-order valence-corrected chi connectivity index (χ2v) is 3.78. The molecule has 21 heavy (non-hydrogen) atoms. The molecule has 0 radical (unpaired) electrons. The van der Waals surface area contributed by atoms with Gasteiger partial charge >= 0.3 is 12.3 Å². The molecule has 2 aromatic rings. The number of benzene rings is 2. The van der Waals surface area contributed by atoms with Gasteiger partial charge in [0, 0.05) is 5.69 Å². The largest absolute Gasteiger partial charge is 0.465 e. The minimum Gasteiger partial charge on any atom is -0.465 e. The van der Waals surface area contributed by atoms with Crippen LogP contribution in [0, 0.1) is 5.82 Å². The number of rotatable bonds is 1. The van der Waals surface area contributed by atoms with Crippen molar-refractivity contribution in [2.75, 3.05) is 5.32 Å². The van der Waals surface area contributed by atoms with Gasteiger partial charge in [-0.1, -0.05) is 36.4 Å². The van der Waals surface area contributed by atoms with Crippen LogP contribution in [0.3, 0.4) is 0 Å². The van der Waals surface area contributed by atoms with E-state index in [4.69, 9.17) is 5.11 Å². The maximum atomic E-state index is 12.7. The molecule has 0 aliphatic carbocycles. The van der Waals surface area contributed by atoms with E-state index in [1.165, 1.54) is 0 Å². The number of carbonyl (C=O) groups is 1. The molecule has 3 nitrogen and oxygen atoms in total. The fourth-order valence-electron chi connectivity index (χ4n) is 1.33. The molecule has 2 aromatic carbocycles. The lowest BCUT2D eigenvalue weighted by Gasteiger charge is -2.09. The van der Waals surface area contributed by atoms with Crippen LogP contribution in [-0.4, -0.2) is 11.2 Å². The molecule has 0 atom stereocenters. The SMILES string of the molecule is O=C(O)Nc1ccc(F)c(C(F)(F)F)c1.c1ccccc1. The smallest absolute Gasteiger partial charge is 0.419 e. The van der Waals surface area contributed by atoms with Crippen LogP contribution in [-0.2, 0) is 6.18 Å². The molecule has 112 valence electrons. The number of amides is 1. The minimum absolute atomic E-state index is 0.337. The van der Waals surface area contributed by atoms with Crippen molar-refractivity contribution in [3.63, 3.8) is 0 Å². The van der Waals surface area contributed by atoms with Gasteiger partial charge in [-0.15, -0.1) is 0 Å². The quantitative estimate of drug-likeness (QED) is 0.755. The summed E-state index contributed by atoms with van der Waals surface area (Å²) < 4.78 is 49.2. The van der Waals surface area contributed by atoms with Gasteiger partial charge in [-0.2, -0.15) is 13.2 Å². The Balaban J connectivity index is 0.000000304. The summed E-state index contributed by atoms with van der Waals surface area (Å²) in [7, 11) is 0. The molecule has 0 aromatic heterocycles. The highest BCUT2D eigenvalue weighted by atomic mass is 19.4. The molecule has 0 saturated carbocycles. The Morgan fingerprint density at radius 1 is 1.00 bits per heavy atom. The number of hydrogen-bond donors (Lipinski definition) is 2. The fourth-order valence-corrected chi connectivity index (χ4v) is 1.33. The van der Waals surface area contributed by atoms with E-state index in [0.717, 1.165) is 6.07 Å². The van der Waals surface area contributed by atoms with Crippen molar-refractivity contribution in [2.45, 2.75) is 6.18 Å². The second-order valence-electron chi connectivity index (χ2n) is 3.78. The van der Waals surface area contributed by atoms with Gasteiger partial charge in [0.2, 0.25) is 0 Å². The van der Waals surface area contributed by atoms with E-state index in [1.54, 1.807) is 5.32 Å². The first-order chi connectivity index (χ1) is 9.80. The maximum absolute atomic E-state index is 12.7. The van der Waals surface area contributed by atoms with Crippen LogP contribution in [0.25, 0.3) is 0 Å². The van der Waals surface area contributed by atoms with Crippen LogP contribution < -0.4 is 5.32 Å². The molecular weight excluding hydrogens is 290 g/mol. The van der Waals surface area contributed by atoms with E-state index < -0.39 is 23.7 Å². The lowest BCUT2D eigenvalue weighted by Crippen LogP contribution is -2.11. The first kappa shape index (κ1) is 16.5. The third kappa shape index (κ3) is 5.94. The second kappa shape index (κ2) is 7.28. The first-order valence-electron chi connectivity index (χ1n) is 5.67. The van der Waals surface area contributed by atoms with E-state index in [-0.39, 0.29) is 5.69 Å². The van der Waals surface area contributed by atoms with Crippen LogP contribution in [0.2, 0.25) is 0 Å².